The highest BCUT2D eigenvalue weighted by atomic mass is 31.2. The van der Waals surface area contributed by atoms with Gasteiger partial charge in [0, 0.05) is 20.5 Å². The smallest absolute Gasteiger partial charge is 0.243 e. The lowest BCUT2D eigenvalue weighted by Gasteiger charge is -2.27. The standard InChI is InChI=1S/2C7H15N2.C2H7O4P/c2*1-6-5-8(3)7(2)9(6)4;1-2-6-7(3,4)5/h2*6H,5H2,1-4H3;2H2,1H3,(H2,3,4,5)/q2*+1;/p-2. The van der Waals surface area contributed by atoms with Gasteiger partial charge in [-0.2, -0.15) is 0 Å². The highest BCUT2D eigenvalue weighted by molar-refractivity contribution is 7.43. The lowest BCUT2D eigenvalue weighted by Crippen LogP contribution is -2.21. The molecule has 0 fully saturated rings. The first-order valence-corrected chi connectivity index (χ1v) is 9.99. The summed E-state index contributed by atoms with van der Waals surface area (Å²) in [6.45, 7) is 12.5. The Balaban J connectivity index is 0.000000350. The van der Waals surface area contributed by atoms with Crippen molar-refractivity contribution in [2.24, 2.45) is 0 Å². The van der Waals surface area contributed by atoms with Crippen molar-refractivity contribution in [3.05, 3.63) is 0 Å². The van der Waals surface area contributed by atoms with Gasteiger partial charge in [0.2, 0.25) is 11.7 Å². The molecule has 0 saturated carbocycles. The van der Waals surface area contributed by atoms with Gasteiger partial charge in [-0.1, -0.05) is 0 Å². The van der Waals surface area contributed by atoms with Crippen LogP contribution in [0, 0.1) is 0 Å². The lowest BCUT2D eigenvalue weighted by molar-refractivity contribution is -0.523. The Labute approximate surface area is 152 Å². The molecular weight excluding hydrogens is 343 g/mol. The van der Waals surface area contributed by atoms with Crippen molar-refractivity contribution in [1.82, 2.24) is 9.80 Å². The van der Waals surface area contributed by atoms with Crippen LogP contribution in [0.4, 0.5) is 0 Å². The van der Waals surface area contributed by atoms with Crippen molar-refractivity contribution in [3.8, 4) is 0 Å². The third-order valence-electron chi connectivity index (χ3n) is 4.81. The summed E-state index contributed by atoms with van der Waals surface area (Å²) in [5.74, 6) is 2.75. The van der Waals surface area contributed by atoms with Gasteiger partial charge in [-0.15, -0.1) is 0 Å². The lowest BCUT2D eigenvalue weighted by atomic mass is 10.3. The van der Waals surface area contributed by atoms with E-state index in [1.165, 1.54) is 31.7 Å². The zero-order chi connectivity index (χ0) is 19.9. The maximum Gasteiger partial charge on any atom is 0.243 e. The molecule has 2 atom stereocenters. The van der Waals surface area contributed by atoms with E-state index in [2.05, 4.69) is 79.4 Å². The Hall–Kier alpha value is -0.950. The first-order chi connectivity index (χ1) is 11.3. The van der Waals surface area contributed by atoms with Crippen molar-refractivity contribution in [2.75, 3.05) is 47.9 Å². The highest BCUT2D eigenvalue weighted by Gasteiger charge is 2.27. The van der Waals surface area contributed by atoms with Crippen LogP contribution < -0.4 is 9.79 Å². The number of nitrogens with zero attached hydrogens (tertiary/aromatic N) is 4. The van der Waals surface area contributed by atoms with E-state index in [-0.39, 0.29) is 6.61 Å². The van der Waals surface area contributed by atoms with Gasteiger partial charge in [-0.3, -0.25) is 19.0 Å². The molecule has 8 nitrogen and oxygen atoms in total. The Morgan fingerprint density at radius 1 is 1.04 bits per heavy atom. The van der Waals surface area contributed by atoms with E-state index in [1.54, 1.807) is 0 Å². The molecular formula is C16H35N4O4P. The third-order valence-corrected chi connectivity index (χ3v) is 5.39. The zero-order valence-electron chi connectivity index (χ0n) is 17.1. The Morgan fingerprint density at radius 3 is 1.40 bits per heavy atom. The number of phosphoric ester groups is 1. The van der Waals surface area contributed by atoms with Gasteiger partial charge in [0.1, 0.15) is 25.2 Å². The number of phosphoric acid groups is 1. The third kappa shape index (κ3) is 8.31. The summed E-state index contributed by atoms with van der Waals surface area (Å²) in [4.78, 5) is 23.5. The summed E-state index contributed by atoms with van der Waals surface area (Å²) in [6, 6.07) is 1.38. The molecule has 0 aromatic heterocycles. The van der Waals surface area contributed by atoms with Gasteiger partial charge in [0.25, 0.3) is 0 Å². The predicted molar refractivity (Wildman–Crippen MR) is 97.1 cm³/mol. The number of amidine groups is 2. The molecule has 2 heterocycles. The van der Waals surface area contributed by atoms with Crippen molar-refractivity contribution < 1.29 is 28.0 Å². The second-order valence-corrected chi connectivity index (χ2v) is 7.79. The van der Waals surface area contributed by atoms with Gasteiger partial charge in [-0.05, 0) is 20.8 Å². The Kier molecular flexibility index (Phi) is 9.87. The first kappa shape index (κ1) is 24.1. The molecule has 25 heavy (non-hydrogen) atoms. The van der Waals surface area contributed by atoms with Crippen LogP contribution in [0.2, 0.25) is 0 Å². The topological polar surface area (TPSA) is 84.9 Å². The summed E-state index contributed by atoms with van der Waals surface area (Å²) in [5.41, 5.74) is 0. The second-order valence-electron chi connectivity index (χ2n) is 6.64. The van der Waals surface area contributed by atoms with Crippen LogP contribution >= 0.6 is 7.82 Å². The van der Waals surface area contributed by atoms with Crippen LogP contribution in [0.15, 0.2) is 0 Å². The molecule has 9 heteroatoms. The molecule has 148 valence electrons. The highest BCUT2D eigenvalue weighted by Crippen LogP contribution is 2.23. The van der Waals surface area contributed by atoms with Crippen molar-refractivity contribution in [2.45, 2.75) is 46.7 Å². The van der Waals surface area contributed by atoms with E-state index in [0.29, 0.717) is 12.1 Å². The van der Waals surface area contributed by atoms with Crippen LogP contribution in [0.3, 0.4) is 0 Å². The van der Waals surface area contributed by atoms with E-state index in [9.17, 15) is 14.4 Å². The van der Waals surface area contributed by atoms with Crippen molar-refractivity contribution in [3.63, 3.8) is 0 Å². The molecule has 0 aliphatic carbocycles. The van der Waals surface area contributed by atoms with Crippen LogP contribution in [0.25, 0.3) is 0 Å². The summed E-state index contributed by atoms with van der Waals surface area (Å²) in [5, 5.41) is 0. The quantitative estimate of drug-likeness (QED) is 0.481. The minimum absolute atomic E-state index is 0.0791. The fourth-order valence-electron chi connectivity index (χ4n) is 2.64. The van der Waals surface area contributed by atoms with Crippen molar-refractivity contribution >= 4 is 19.5 Å². The molecule has 2 rings (SSSR count). The average Bonchev–Trinajstić information content (AvgIpc) is 2.84. The Bertz CT molecular complexity index is 476. The number of likely N-dealkylation sites (N-methyl/N-ethyl adjacent to an activating group) is 4. The number of hydrogen-bond acceptors (Lipinski definition) is 6. The van der Waals surface area contributed by atoms with E-state index in [1.807, 2.05) is 0 Å². The molecule has 0 amide bonds. The number of rotatable bonds is 2. The van der Waals surface area contributed by atoms with E-state index < -0.39 is 7.82 Å². The molecule has 0 saturated heterocycles. The summed E-state index contributed by atoms with van der Waals surface area (Å²) in [6.07, 6.45) is 0. The maximum atomic E-state index is 9.48. The molecule has 2 aliphatic heterocycles. The second kappa shape index (κ2) is 10.3. The van der Waals surface area contributed by atoms with Crippen LogP contribution in [-0.4, -0.2) is 90.6 Å². The van der Waals surface area contributed by atoms with E-state index in [4.69, 9.17) is 0 Å². The minimum Gasteiger partial charge on any atom is -0.790 e. The van der Waals surface area contributed by atoms with Gasteiger partial charge in [-0.25, -0.2) is 0 Å². The molecule has 0 N–H and O–H groups in total. The molecule has 2 unspecified atom stereocenters. The average molecular weight is 378 g/mol. The molecule has 0 aromatic carbocycles. The Morgan fingerprint density at radius 2 is 1.36 bits per heavy atom. The largest absolute Gasteiger partial charge is 0.790 e. The molecule has 2 aliphatic rings. The SMILES string of the molecule is CC1=[N+](C)C(C)CN1C.CC1=[N+](C)C(C)CN1C.CCOP(=O)([O-])[O-]. The van der Waals surface area contributed by atoms with Crippen molar-refractivity contribution in [1.29, 1.82) is 0 Å². The fourth-order valence-corrected chi connectivity index (χ4v) is 2.95. The first-order valence-electron chi connectivity index (χ1n) is 8.53. The van der Waals surface area contributed by atoms with Gasteiger partial charge < -0.3 is 18.9 Å². The monoisotopic (exact) mass is 378 g/mol. The number of hydrogen-bond donors (Lipinski definition) is 0. The molecule has 0 aromatic rings. The molecule has 0 spiro atoms. The van der Waals surface area contributed by atoms with Gasteiger partial charge in [0.15, 0.2) is 0 Å². The predicted octanol–water partition coefficient (Wildman–Crippen LogP) is -0.386. The maximum absolute atomic E-state index is 9.48. The fraction of sp³-hybridized carbons (Fsp3) is 0.875. The summed E-state index contributed by atoms with van der Waals surface area (Å²) in [7, 11) is 3.89. The van der Waals surface area contributed by atoms with Crippen LogP contribution in [-0.2, 0) is 9.09 Å². The minimum atomic E-state index is -4.67. The van der Waals surface area contributed by atoms with E-state index >= 15 is 0 Å². The normalized spacial score (nSPS) is 23.5. The van der Waals surface area contributed by atoms with Gasteiger partial charge >= 0.3 is 0 Å². The molecule has 0 bridgehead atoms. The zero-order valence-corrected chi connectivity index (χ0v) is 18.0. The van der Waals surface area contributed by atoms with Crippen LogP contribution in [0.1, 0.15) is 34.6 Å². The summed E-state index contributed by atoms with van der Waals surface area (Å²) < 4.78 is 17.8. The summed E-state index contributed by atoms with van der Waals surface area (Å²) >= 11 is 0. The van der Waals surface area contributed by atoms with Crippen LogP contribution in [0.5, 0.6) is 0 Å². The van der Waals surface area contributed by atoms with Gasteiger partial charge in [0.05, 0.1) is 36.0 Å². The van der Waals surface area contributed by atoms with E-state index in [0.717, 1.165) is 0 Å². The molecule has 0 radical (unpaired) electrons.